The molecule has 30 heavy (non-hydrogen) atoms. The average Bonchev–Trinajstić information content (AvgIpc) is 3.41. The fraction of sp³-hybridized carbons (Fsp3) is 0.292. The van der Waals surface area contributed by atoms with Crippen molar-refractivity contribution in [3.05, 3.63) is 82.9 Å². The van der Waals surface area contributed by atoms with Crippen molar-refractivity contribution in [2.45, 2.75) is 38.1 Å². The highest BCUT2D eigenvalue weighted by Crippen LogP contribution is 2.50. The Morgan fingerprint density at radius 3 is 2.67 bits per heavy atom. The Balaban J connectivity index is 1.33. The number of aromatic nitrogens is 2. The number of nitrogens with zero attached hydrogens (tertiary/aromatic N) is 2. The molecular weight excluding hydrogens is 398 g/mol. The maximum Gasteiger partial charge on any atom is 0.227 e. The van der Waals surface area contributed by atoms with Crippen LogP contribution in [0.25, 0.3) is 5.69 Å². The van der Waals surface area contributed by atoms with Gasteiger partial charge in [-0.05, 0) is 61.6 Å². The van der Waals surface area contributed by atoms with E-state index in [0.717, 1.165) is 37.2 Å². The van der Waals surface area contributed by atoms with Gasteiger partial charge in [0.2, 0.25) is 5.91 Å². The first-order valence-electron chi connectivity index (χ1n) is 10.3. The number of hydrogen-bond acceptors (Lipinski definition) is 3. The molecule has 2 aliphatic rings. The van der Waals surface area contributed by atoms with Crippen LogP contribution < -0.4 is 5.32 Å². The summed E-state index contributed by atoms with van der Waals surface area (Å²) in [5, 5.41) is 3.80. The number of amides is 1. The van der Waals surface area contributed by atoms with Crippen LogP contribution in [0.15, 0.2) is 60.9 Å². The summed E-state index contributed by atoms with van der Waals surface area (Å²) in [6, 6.07) is 14.9. The van der Waals surface area contributed by atoms with Crippen molar-refractivity contribution in [1.82, 2.24) is 14.9 Å². The predicted octanol–water partition coefficient (Wildman–Crippen LogP) is 4.68. The molecule has 2 heterocycles. The molecule has 1 aliphatic carbocycles. The fourth-order valence-corrected chi connectivity index (χ4v) is 4.42. The molecule has 2 aromatic carbocycles. The number of aryl methyl sites for hydroxylation is 1. The monoisotopic (exact) mass is 419 g/mol. The minimum atomic E-state index is -0.604. The standard InChI is InChI=1S/C24H22ClN3O2/c25-18-8-5-17(6-9-18)21(29)15-24(11-12-24)23(30)27-19-10-7-16-3-1-2-4-20(16)28-14-13-26-22(19)28/h1-6,8-9,13-14,19H,7,10-12,15H2,(H,27,30)/t19-/m1/s1. The second-order valence-electron chi connectivity index (χ2n) is 8.24. The lowest BCUT2D eigenvalue weighted by Gasteiger charge is -2.21. The number of fused-ring (bicyclic) bond motifs is 3. The Kier molecular flexibility index (Phi) is 4.70. The van der Waals surface area contributed by atoms with Crippen molar-refractivity contribution >= 4 is 23.3 Å². The van der Waals surface area contributed by atoms with Gasteiger partial charge < -0.3 is 9.88 Å². The lowest BCUT2D eigenvalue weighted by molar-refractivity contribution is -0.127. The first-order valence-corrected chi connectivity index (χ1v) is 10.6. The third kappa shape index (κ3) is 3.43. The van der Waals surface area contributed by atoms with Crippen LogP contribution in [0.1, 0.15) is 53.5 Å². The summed E-state index contributed by atoms with van der Waals surface area (Å²) in [5.41, 5.74) is 2.35. The molecule has 0 spiro atoms. The van der Waals surface area contributed by atoms with E-state index in [1.807, 2.05) is 18.3 Å². The number of halogens is 1. The number of benzene rings is 2. The van der Waals surface area contributed by atoms with E-state index >= 15 is 0 Å². The van der Waals surface area contributed by atoms with Gasteiger partial charge in [-0.1, -0.05) is 29.8 Å². The van der Waals surface area contributed by atoms with E-state index < -0.39 is 5.41 Å². The first-order chi connectivity index (χ1) is 14.6. The summed E-state index contributed by atoms with van der Waals surface area (Å²) < 4.78 is 2.06. The second-order valence-corrected chi connectivity index (χ2v) is 8.67. The summed E-state index contributed by atoms with van der Waals surface area (Å²) in [6.07, 6.45) is 7.05. The van der Waals surface area contributed by atoms with Crippen molar-refractivity contribution in [3.63, 3.8) is 0 Å². The summed E-state index contributed by atoms with van der Waals surface area (Å²) in [7, 11) is 0. The summed E-state index contributed by atoms with van der Waals surface area (Å²) in [6.45, 7) is 0. The summed E-state index contributed by atoms with van der Waals surface area (Å²) >= 11 is 5.92. The molecule has 152 valence electrons. The molecule has 5 rings (SSSR count). The van der Waals surface area contributed by atoms with E-state index in [2.05, 4.69) is 27.0 Å². The molecule has 1 amide bonds. The maximum atomic E-state index is 13.2. The summed E-state index contributed by atoms with van der Waals surface area (Å²) in [5.74, 6) is 0.775. The fourth-order valence-electron chi connectivity index (χ4n) is 4.29. The highest BCUT2D eigenvalue weighted by molar-refractivity contribution is 6.30. The van der Waals surface area contributed by atoms with Crippen molar-refractivity contribution in [1.29, 1.82) is 0 Å². The Morgan fingerprint density at radius 2 is 1.90 bits per heavy atom. The first kappa shape index (κ1) is 19.1. The van der Waals surface area contributed by atoms with E-state index in [-0.39, 0.29) is 24.2 Å². The van der Waals surface area contributed by atoms with Gasteiger partial charge in [0.05, 0.1) is 11.5 Å². The van der Waals surface area contributed by atoms with Crippen LogP contribution in [0.5, 0.6) is 0 Å². The third-order valence-corrected chi connectivity index (χ3v) is 6.49. The third-order valence-electron chi connectivity index (χ3n) is 6.24. The average molecular weight is 420 g/mol. The Bertz CT molecular complexity index is 1120. The number of carbonyl (C=O) groups is 2. The lowest BCUT2D eigenvalue weighted by Crippen LogP contribution is -2.37. The molecule has 1 atom stereocenters. The van der Waals surface area contributed by atoms with Crippen molar-refractivity contribution in [3.8, 4) is 5.69 Å². The zero-order valence-corrected chi connectivity index (χ0v) is 17.2. The zero-order chi connectivity index (χ0) is 20.7. The van der Waals surface area contributed by atoms with E-state index in [1.54, 1.807) is 30.5 Å². The molecule has 0 radical (unpaired) electrons. The van der Waals surface area contributed by atoms with E-state index in [9.17, 15) is 9.59 Å². The van der Waals surface area contributed by atoms with Crippen molar-refractivity contribution < 1.29 is 9.59 Å². The van der Waals surface area contributed by atoms with Crippen LogP contribution in [-0.4, -0.2) is 21.2 Å². The number of imidazole rings is 1. The zero-order valence-electron chi connectivity index (χ0n) is 16.5. The number of Topliss-reactive ketones (excluding diaryl/α,β-unsaturated/α-hetero) is 1. The molecule has 1 fully saturated rings. The Morgan fingerprint density at radius 1 is 1.13 bits per heavy atom. The van der Waals surface area contributed by atoms with Gasteiger partial charge in [0, 0.05) is 35.1 Å². The quantitative estimate of drug-likeness (QED) is 0.610. The minimum Gasteiger partial charge on any atom is -0.346 e. The van der Waals surface area contributed by atoms with Gasteiger partial charge in [-0.15, -0.1) is 0 Å². The van der Waals surface area contributed by atoms with Gasteiger partial charge in [-0.3, -0.25) is 9.59 Å². The number of hydrogen-bond donors (Lipinski definition) is 1. The molecule has 1 N–H and O–H groups in total. The van der Waals surface area contributed by atoms with Gasteiger partial charge in [0.15, 0.2) is 5.78 Å². The molecule has 5 nitrogen and oxygen atoms in total. The van der Waals surface area contributed by atoms with Gasteiger partial charge in [0.1, 0.15) is 5.82 Å². The number of para-hydroxylation sites is 1. The van der Waals surface area contributed by atoms with Gasteiger partial charge in [0.25, 0.3) is 0 Å². The molecule has 0 bridgehead atoms. The van der Waals surface area contributed by atoms with E-state index in [0.29, 0.717) is 10.6 Å². The van der Waals surface area contributed by atoms with Crippen LogP contribution in [0.4, 0.5) is 0 Å². The van der Waals surface area contributed by atoms with Crippen molar-refractivity contribution in [2.24, 2.45) is 5.41 Å². The topological polar surface area (TPSA) is 64.0 Å². The van der Waals surface area contributed by atoms with Gasteiger partial charge in [-0.25, -0.2) is 4.98 Å². The Hall–Kier alpha value is -2.92. The van der Waals surface area contributed by atoms with Crippen LogP contribution in [0, 0.1) is 5.41 Å². The number of nitrogens with one attached hydrogen (secondary N) is 1. The highest BCUT2D eigenvalue weighted by atomic mass is 35.5. The molecule has 0 saturated heterocycles. The SMILES string of the molecule is O=C(CC1(C(=O)N[C@@H]2CCc3ccccc3-n3ccnc32)CC1)c1ccc(Cl)cc1. The molecular formula is C24H22ClN3O2. The van der Waals surface area contributed by atoms with Crippen LogP contribution >= 0.6 is 11.6 Å². The normalized spacial score (nSPS) is 18.6. The largest absolute Gasteiger partial charge is 0.346 e. The van der Waals surface area contributed by atoms with Crippen LogP contribution in [-0.2, 0) is 11.2 Å². The van der Waals surface area contributed by atoms with E-state index in [1.165, 1.54) is 5.56 Å². The van der Waals surface area contributed by atoms with Gasteiger partial charge >= 0.3 is 0 Å². The molecule has 1 aromatic heterocycles. The predicted molar refractivity (Wildman–Crippen MR) is 115 cm³/mol. The van der Waals surface area contributed by atoms with Crippen LogP contribution in [0.2, 0.25) is 5.02 Å². The van der Waals surface area contributed by atoms with E-state index in [4.69, 9.17) is 11.6 Å². The maximum absolute atomic E-state index is 13.2. The van der Waals surface area contributed by atoms with Crippen molar-refractivity contribution in [2.75, 3.05) is 0 Å². The number of carbonyl (C=O) groups excluding carboxylic acids is 2. The number of ketones is 1. The molecule has 1 saturated carbocycles. The molecule has 6 heteroatoms. The second kappa shape index (κ2) is 7.40. The highest BCUT2D eigenvalue weighted by Gasteiger charge is 2.51. The minimum absolute atomic E-state index is 0.0194. The Labute approximate surface area is 180 Å². The number of rotatable bonds is 5. The van der Waals surface area contributed by atoms with Crippen LogP contribution in [0.3, 0.4) is 0 Å². The lowest BCUT2D eigenvalue weighted by atomic mass is 9.94. The smallest absolute Gasteiger partial charge is 0.227 e. The molecule has 3 aromatic rings. The molecule has 0 unspecified atom stereocenters. The van der Waals surface area contributed by atoms with Gasteiger partial charge in [-0.2, -0.15) is 0 Å². The summed E-state index contributed by atoms with van der Waals surface area (Å²) in [4.78, 5) is 30.5. The molecule has 1 aliphatic heterocycles.